The van der Waals surface area contributed by atoms with Crippen LogP contribution in [-0.2, 0) is 4.74 Å². The lowest BCUT2D eigenvalue weighted by molar-refractivity contribution is 0.159. The van der Waals surface area contributed by atoms with Gasteiger partial charge >= 0.3 is 0 Å². The first-order chi connectivity index (χ1) is 23.1. The number of para-hydroxylation sites is 2. The van der Waals surface area contributed by atoms with E-state index in [0.717, 1.165) is 43.8 Å². The van der Waals surface area contributed by atoms with E-state index in [4.69, 9.17) is 22.7 Å². The minimum absolute atomic E-state index is 0.0732. The molecule has 1 aliphatic rings. The van der Waals surface area contributed by atoms with Crippen LogP contribution in [-0.4, -0.2) is 69.0 Å². The fourth-order valence-corrected chi connectivity index (χ4v) is 6.33. The second-order valence-electron chi connectivity index (χ2n) is 11.3. The second kappa shape index (κ2) is 16.1. The number of rotatable bonds is 8. The Hall–Kier alpha value is -3.69. The van der Waals surface area contributed by atoms with Crippen molar-refractivity contribution in [3.8, 4) is 11.4 Å². The molecule has 4 N–H and O–H groups in total. The third-order valence-electron chi connectivity index (χ3n) is 7.94. The normalized spacial score (nSPS) is 16.0. The smallest absolute Gasteiger partial charge is 0.172 e. The van der Waals surface area contributed by atoms with Crippen molar-refractivity contribution in [3.05, 3.63) is 116 Å². The van der Waals surface area contributed by atoms with Crippen molar-refractivity contribution in [1.29, 1.82) is 0 Å². The van der Waals surface area contributed by atoms with Gasteiger partial charge in [0.25, 0.3) is 0 Å². The summed E-state index contributed by atoms with van der Waals surface area (Å²) in [5.74, 6) is -0.433. The molecule has 3 aromatic carbocycles. The molecule has 1 aliphatic heterocycles. The van der Waals surface area contributed by atoms with Gasteiger partial charge in [-0.25, -0.2) is 18.1 Å². The van der Waals surface area contributed by atoms with Crippen molar-refractivity contribution < 1.29 is 13.5 Å². The van der Waals surface area contributed by atoms with Gasteiger partial charge in [-0.1, -0.05) is 42.5 Å². The number of likely N-dealkylation sites (tertiary alicyclic amines) is 1. The molecule has 1 fully saturated rings. The van der Waals surface area contributed by atoms with Crippen LogP contribution in [0.4, 0.5) is 20.4 Å². The molecule has 48 heavy (non-hydrogen) atoms. The van der Waals surface area contributed by atoms with E-state index in [0.29, 0.717) is 36.4 Å². The molecule has 0 spiro atoms. The quantitative estimate of drug-likeness (QED) is 0.143. The lowest BCUT2D eigenvalue weighted by atomic mass is 9.94. The van der Waals surface area contributed by atoms with Gasteiger partial charge in [0.1, 0.15) is 5.82 Å². The van der Waals surface area contributed by atoms with E-state index in [9.17, 15) is 8.78 Å². The highest BCUT2D eigenvalue weighted by Crippen LogP contribution is 2.31. The van der Waals surface area contributed by atoms with E-state index in [1.54, 1.807) is 22.5 Å². The molecule has 14 heteroatoms. The average Bonchev–Trinajstić information content (AvgIpc) is 3.71. The fraction of sp³-hybridized carbons (Fsp3) is 0.265. The highest BCUT2D eigenvalue weighted by molar-refractivity contribution is 9.11. The minimum Gasteiger partial charge on any atom is -0.383 e. The van der Waals surface area contributed by atoms with E-state index in [2.05, 4.69) is 57.6 Å². The van der Waals surface area contributed by atoms with Crippen LogP contribution in [0.1, 0.15) is 22.9 Å². The number of nitrogens with two attached hydrogens (primary N) is 1. The number of benzene rings is 3. The summed E-state index contributed by atoms with van der Waals surface area (Å²) in [4.78, 5) is 2.23. The molecule has 0 bridgehead atoms. The molecular formula is C34H36Br2F2N8OS. The molecule has 0 unspecified atom stereocenters. The van der Waals surface area contributed by atoms with Gasteiger partial charge in [0, 0.05) is 38.7 Å². The van der Waals surface area contributed by atoms with Crippen LogP contribution in [0.3, 0.4) is 0 Å². The Kier molecular flexibility index (Phi) is 12.0. The molecule has 0 radical (unpaired) electrons. The van der Waals surface area contributed by atoms with Gasteiger partial charge in [0.05, 0.1) is 38.3 Å². The molecule has 5 aromatic rings. The molecule has 3 heterocycles. The Morgan fingerprint density at radius 3 is 2.08 bits per heavy atom. The molecule has 1 saturated heterocycles. The maximum absolute atomic E-state index is 14.0. The van der Waals surface area contributed by atoms with E-state index in [1.807, 2.05) is 74.5 Å². The number of nitrogens with one attached hydrogen (secondary N) is 2. The van der Waals surface area contributed by atoms with Crippen molar-refractivity contribution in [2.75, 3.05) is 44.4 Å². The lowest BCUT2D eigenvalue weighted by Crippen LogP contribution is -2.42. The number of hydrogen-bond acceptors (Lipinski definition) is 6. The van der Waals surface area contributed by atoms with Gasteiger partial charge in [0.15, 0.2) is 22.6 Å². The van der Waals surface area contributed by atoms with Gasteiger partial charge in [-0.15, -0.1) is 0 Å². The predicted molar refractivity (Wildman–Crippen MR) is 197 cm³/mol. The standard InChI is InChI=1S/C24H26BrF2N5OS.C10H10BrN3/c1-15-22(25)23(32(30-15)17-6-4-3-5-7-17)29-24(34)28-21-14-31(10-11-33-2)13-18(21)16-8-9-19(26)20(27)12-16;1-7-9(11)10(12)14(13-7)8-5-3-2-4-6-8/h3-9,12,18,21H,10-11,13-14H2,1-2H3,(H2,28,29,34);2-6H,12H2,1H3/t18-,21+;/m0./s1. The Morgan fingerprint density at radius 1 is 0.896 bits per heavy atom. The summed E-state index contributed by atoms with van der Waals surface area (Å²) < 4.78 is 37.9. The molecule has 252 valence electrons. The van der Waals surface area contributed by atoms with Crippen molar-refractivity contribution in [3.63, 3.8) is 0 Å². The van der Waals surface area contributed by atoms with Gasteiger partial charge in [0.2, 0.25) is 0 Å². The topological polar surface area (TPSA) is 98.2 Å². The number of nitrogen functional groups attached to an aromatic ring is 1. The molecule has 2 aromatic heterocycles. The predicted octanol–water partition coefficient (Wildman–Crippen LogP) is 7.15. The lowest BCUT2D eigenvalue weighted by Gasteiger charge is -2.22. The Bertz CT molecular complexity index is 1860. The molecule has 2 atom stereocenters. The first kappa shape index (κ1) is 35.6. The fourth-order valence-electron chi connectivity index (χ4n) is 5.49. The number of aryl methyl sites for hydroxylation is 2. The van der Waals surface area contributed by atoms with Crippen LogP contribution in [0.5, 0.6) is 0 Å². The maximum atomic E-state index is 14.0. The van der Waals surface area contributed by atoms with Crippen LogP contribution in [0.25, 0.3) is 11.4 Å². The molecule has 9 nitrogen and oxygen atoms in total. The van der Waals surface area contributed by atoms with Crippen LogP contribution < -0.4 is 16.4 Å². The third kappa shape index (κ3) is 8.29. The summed E-state index contributed by atoms with van der Waals surface area (Å²) in [5.41, 5.74) is 10.2. The summed E-state index contributed by atoms with van der Waals surface area (Å²) >= 11 is 12.7. The van der Waals surface area contributed by atoms with Crippen LogP contribution in [0.15, 0.2) is 87.8 Å². The largest absolute Gasteiger partial charge is 0.383 e. The van der Waals surface area contributed by atoms with E-state index in [1.165, 1.54) is 12.1 Å². The van der Waals surface area contributed by atoms with Crippen molar-refractivity contribution in [2.24, 2.45) is 0 Å². The summed E-state index contributed by atoms with van der Waals surface area (Å²) in [6, 6.07) is 23.6. The van der Waals surface area contributed by atoms with Crippen LogP contribution in [0.2, 0.25) is 0 Å². The zero-order valence-electron chi connectivity index (χ0n) is 26.6. The van der Waals surface area contributed by atoms with Gasteiger partial charge < -0.3 is 21.1 Å². The van der Waals surface area contributed by atoms with Gasteiger partial charge in [-0.3, -0.25) is 4.90 Å². The number of ether oxygens (including phenoxy) is 1. The first-order valence-electron chi connectivity index (χ1n) is 15.2. The van der Waals surface area contributed by atoms with Gasteiger partial charge in [-0.05, 0) is 99.9 Å². The summed E-state index contributed by atoms with van der Waals surface area (Å²) in [7, 11) is 1.66. The molecule has 0 aliphatic carbocycles. The SMILES string of the molecule is COCCN1C[C@@H](NC(=S)Nc2c(Br)c(C)nn2-c2ccccc2)[C@H](c2ccc(F)c(F)c2)C1.Cc1nn(-c2ccccc2)c(N)c1Br. The number of methoxy groups -OCH3 is 1. The number of halogens is 4. The van der Waals surface area contributed by atoms with Gasteiger partial charge in [-0.2, -0.15) is 10.2 Å². The van der Waals surface area contributed by atoms with E-state index in [-0.39, 0.29) is 12.0 Å². The monoisotopic (exact) mass is 800 g/mol. The number of aromatic nitrogens is 4. The summed E-state index contributed by atoms with van der Waals surface area (Å²) in [6.07, 6.45) is 0. The maximum Gasteiger partial charge on any atom is 0.172 e. The van der Waals surface area contributed by atoms with Crippen LogP contribution >= 0.6 is 44.1 Å². The summed E-state index contributed by atoms with van der Waals surface area (Å²) in [5, 5.41) is 16.0. The van der Waals surface area contributed by atoms with E-state index < -0.39 is 11.6 Å². The van der Waals surface area contributed by atoms with Crippen molar-refractivity contribution in [1.82, 2.24) is 29.8 Å². The molecule has 0 saturated carbocycles. The van der Waals surface area contributed by atoms with Crippen LogP contribution in [0, 0.1) is 25.5 Å². The van der Waals surface area contributed by atoms with Crippen molar-refractivity contribution in [2.45, 2.75) is 25.8 Å². The molecule has 6 rings (SSSR count). The zero-order chi connectivity index (χ0) is 34.4. The average molecular weight is 803 g/mol. The van der Waals surface area contributed by atoms with Crippen molar-refractivity contribution >= 4 is 60.8 Å². The Morgan fingerprint density at radius 2 is 1.50 bits per heavy atom. The number of thiocarbonyl (C=S) groups is 1. The number of nitrogens with zero attached hydrogens (tertiary/aromatic N) is 5. The Balaban J connectivity index is 0.000000267. The highest BCUT2D eigenvalue weighted by Gasteiger charge is 2.35. The molecule has 0 amide bonds. The zero-order valence-corrected chi connectivity index (χ0v) is 30.6. The highest BCUT2D eigenvalue weighted by atomic mass is 79.9. The Labute approximate surface area is 300 Å². The summed E-state index contributed by atoms with van der Waals surface area (Å²) in [6.45, 7) is 6.52. The minimum atomic E-state index is -0.853. The second-order valence-corrected chi connectivity index (χ2v) is 13.3. The first-order valence-corrected chi connectivity index (χ1v) is 17.2. The third-order valence-corrected chi connectivity index (χ3v) is 10.1. The van der Waals surface area contributed by atoms with E-state index >= 15 is 0 Å². The number of anilines is 2. The number of hydrogen-bond donors (Lipinski definition) is 3. The molecular weight excluding hydrogens is 766 g/mol.